The Morgan fingerprint density at radius 3 is 2.88 bits per heavy atom. The molecule has 26 heavy (non-hydrogen) atoms. The topological polar surface area (TPSA) is 46.4 Å². The molecule has 132 valence electrons. The number of hydrogen-bond donors (Lipinski definition) is 1. The quantitative estimate of drug-likeness (QED) is 0.518. The Morgan fingerprint density at radius 2 is 2.15 bits per heavy atom. The highest BCUT2D eigenvalue weighted by atomic mass is 32.1. The van der Waals surface area contributed by atoms with E-state index in [9.17, 15) is 4.79 Å². The molecule has 4 aromatic rings. The van der Waals surface area contributed by atoms with Crippen molar-refractivity contribution < 1.29 is 4.79 Å². The number of hydrogen-bond acceptors (Lipinski definition) is 4. The predicted octanol–water partition coefficient (Wildman–Crippen LogP) is 5.18. The standard InChI is InChI=1S/C20H19N3OS2/c1-13(2)20-22-16(12-26-20)18-9-15(17-5-3-4-7-23(17)18)19(24)21-10-14-6-8-25-11-14/h3-9,11-13H,10H2,1-2H3,(H,21,24). The van der Waals surface area contributed by atoms with Crippen LogP contribution < -0.4 is 5.32 Å². The van der Waals surface area contributed by atoms with E-state index in [0.717, 1.165) is 27.5 Å². The lowest BCUT2D eigenvalue weighted by Crippen LogP contribution is -2.22. The summed E-state index contributed by atoms with van der Waals surface area (Å²) < 4.78 is 2.04. The first-order chi connectivity index (χ1) is 12.6. The van der Waals surface area contributed by atoms with Crippen molar-refractivity contribution in [3.8, 4) is 11.4 Å². The maximum atomic E-state index is 12.8. The molecule has 1 N–H and O–H groups in total. The molecule has 0 aliphatic heterocycles. The third-order valence-corrected chi connectivity index (χ3v) is 6.11. The molecule has 0 aliphatic rings. The molecule has 0 aliphatic carbocycles. The summed E-state index contributed by atoms with van der Waals surface area (Å²) in [6.07, 6.45) is 1.98. The summed E-state index contributed by atoms with van der Waals surface area (Å²) in [7, 11) is 0. The van der Waals surface area contributed by atoms with Gasteiger partial charge in [0.1, 0.15) is 0 Å². The van der Waals surface area contributed by atoms with Gasteiger partial charge in [0.15, 0.2) is 0 Å². The first-order valence-corrected chi connectivity index (χ1v) is 10.3. The third kappa shape index (κ3) is 3.18. The van der Waals surface area contributed by atoms with Crippen LogP contribution in [0.2, 0.25) is 0 Å². The van der Waals surface area contributed by atoms with E-state index in [1.54, 1.807) is 22.7 Å². The van der Waals surface area contributed by atoms with Crippen LogP contribution in [-0.4, -0.2) is 15.3 Å². The van der Waals surface area contributed by atoms with Gasteiger partial charge in [-0.05, 0) is 40.6 Å². The van der Waals surface area contributed by atoms with Crippen LogP contribution in [0.15, 0.2) is 52.7 Å². The zero-order chi connectivity index (χ0) is 18.1. The molecule has 0 spiro atoms. The number of aromatic nitrogens is 2. The molecule has 4 rings (SSSR count). The molecule has 0 bridgehead atoms. The van der Waals surface area contributed by atoms with E-state index in [0.29, 0.717) is 18.0 Å². The second-order valence-electron chi connectivity index (χ2n) is 6.44. The van der Waals surface area contributed by atoms with Crippen LogP contribution in [0.3, 0.4) is 0 Å². The Kier molecular flexibility index (Phi) is 4.61. The number of carbonyl (C=O) groups is 1. The Morgan fingerprint density at radius 1 is 1.27 bits per heavy atom. The number of thiazole rings is 1. The van der Waals surface area contributed by atoms with Gasteiger partial charge in [-0.2, -0.15) is 11.3 Å². The highest BCUT2D eigenvalue weighted by molar-refractivity contribution is 7.10. The SMILES string of the molecule is CC(C)c1nc(-c2cc(C(=O)NCc3ccsc3)c3ccccn23)cs1. The van der Waals surface area contributed by atoms with Crippen LogP contribution in [0.5, 0.6) is 0 Å². The molecular weight excluding hydrogens is 362 g/mol. The summed E-state index contributed by atoms with van der Waals surface area (Å²) in [5, 5.41) is 10.3. The van der Waals surface area contributed by atoms with Crippen LogP contribution in [0.4, 0.5) is 0 Å². The fraction of sp³-hybridized carbons (Fsp3) is 0.200. The minimum Gasteiger partial charge on any atom is -0.348 e. The molecule has 0 aromatic carbocycles. The molecule has 0 radical (unpaired) electrons. The van der Waals surface area contributed by atoms with Crippen LogP contribution in [0, 0.1) is 0 Å². The fourth-order valence-electron chi connectivity index (χ4n) is 2.87. The van der Waals surface area contributed by atoms with Gasteiger partial charge in [0.25, 0.3) is 5.91 Å². The normalized spacial score (nSPS) is 11.3. The van der Waals surface area contributed by atoms with Gasteiger partial charge in [-0.25, -0.2) is 4.98 Å². The fourth-order valence-corrected chi connectivity index (χ4v) is 4.37. The zero-order valence-electron chi connectivity index (χ0n) is 14.6. The summed E-state index contributed by atoms with van der Waals surface area (Å²) in [6, 6.07) is 9.86. The summed E-state index contributed by atoms with van der Waals surface area (Å²) in [4.78, 5) is 17.5. The molecule has 4 nitrogen and oxygen atoms in total. The lowest BCUT2D eigenvalue weighted by atomic mass is 10.2. The van der Waals surface area contributed by atoms with E-state index < -0.39 is 0 Å². The molecule has 0 saturated heterocycles. The number of nitrogens with one attached hydrogen (secondary N) is 1. The molecule has 4 heterocycles. The largest absolute Gasteiger partial charge is 0.348 e. The molecule has 0 unspecified atom stereocenters. The smallest absolute Gasteiger partial charge is 0.253 e. The van der Waals surface area contributed by atoms with Gasteiger partial charge in [0.05, 0.1) is 27.5 Å². The Hall–Kier alpha value is -2.44. The summed E-state index contributed by atoms with van der Waals surface area (Å²) in [5.41, 5.74) is 4.55. The first-order valence-electron chi connectivity index (χ1n) is 8.48. The van der Waals surface area contributed by atoms with E-state index in [-0.39, 0.29) is 5.91 Å². The van der Waals surface area contributed by atoms with Crippen molar-refractivity contribution in [1.82, 2.24) is 14.7 Å². The van der Waals surface area contributed by atoms with Gasteiger partial charge in [-0.1, -0.05) is 19.9 Å². The van der Waals surface area contributed by atoms with Crippen LogP contribution in [0.25, 0.3) is 16.9 Å². The molecule has 6 heteroatoms. The minimum absolute atomic E-state index is 0.0644. The number of pyridine rings is 1. The van der Waals surface area contributed by atoms with Crippen molar-refractivity contribution in [1.29, 1.82) is 0 Å². The minimum atomic E-state index is -0.0644. The van der Waals surface area contributed by atoms with E-state index in [2.05, 4.69) is 24.5 Å². The van der Waals surface area contributed by atoms with E-state index >= 15 is 0 Å². The Labute approximate surface area is 160 Å². The van der Waals surface area contributed by atoms with Crippen molar-refractivity contribution in [2.75, 3.05) is 0 Å². The highest BCUT2D eigenvalue weighted by Crippen LogP contribution is 2.29. The second-order valence-corrected chi connectivity index (χ2v) is 8.11. The molecular formula is C20H19N3OS2. The van der Waals surface area contributed by atoms with Gasteiger partial charge < -0.3 is 9.72 Å². The van der Waals surface area contributed by atoms with Gasteiger partial charge >= 0.3 is 0 Å². The molecule has 0 saturated carbocycles. The van der Waals surface area contributed by atoms with Crippen molar-refractivity contribution in [2.24, 2.45) is 0 Å². The summed E-state index contributed by atoms with van der Waals surface area (Å²) >= 11 is 3.30. The molecule has 4 aromatic heterocycles. The van der Waals surface area contributed by atoms with E-state index in [1.165, 1.54) is 0 Å². The van der Waals surface area contributed by atoms with Gasteiger partial charge in [0, 0.05) is 24.0 Å². The number of thiophene rings is 1. The van der Waals surface area contributed by atoms with Crippen molar-refractivity contribution in [2.45, 2.75) is 26.3 Å². The zero-order valence-corrected chi connectivity index (χ0v) is 16.2. The predicted molar refractivity (Wildman–Crippen MR) is 108 cm³/mol. The van der Waals surface area contributed by atoms with Gasteiger partial charge in [-0.3, -0.25) is 4.79 Å². The number of rotatable bonds is 5. The molecule has 0 fully saturated rings. The number of nitrogens with zero attached hydrogens (tertiary/aromatic N) is 2. The Balaban J connectivity index is 1.70. The third-order valence-electron chi connectivity index (χ3n) is 4.23. The van der Waals surface area contributed by atoms with Crippen molar-refractivity contribution in [3.05, 3.63) is 68.8 Å². The molecule has 0 atom stereocenters. The second kappa shape index (κ2) is 7.05. The first kappa shape index (κ1) is 17.0. The lowest BCUT2D eigenvalue weighted by Gasteiger charge is -2.03. The number of carbonyl (C=O) groups excluding carboxylic acids is 1. The van der Waals surface area contributed by atoms with Crippen molar-refractivity contribution >= 4 is 34.1 Å². The average molecular weight is 382 g/mol. The monoisotopic (exact) mass is 381 g/mol. The van der Waals surface area contributed by atoms with Crippen molar-refractivity contribution in [3.63, 3.8) is 0 Å². The maximum Gasteiger partial charge on any atom is 0.253 e. The van der Waals surface area contributed by atoms with E-state index in [1.807, 2.05) is 51.7 Å². The number of amides is 1. The van der Waals surface area contributed by atoms with Crippen LogP contribution in [-0.2, 0) is 6.54 Å². The van der Waals surface area contributed by atoms with Gasteiger partial charge in [0.2, 0.25) is 0 Å². The van der Waals surface area contributed by atoms with Crippen LogP contribution >= 0.6 is 22.7 Å². The lowest BCUT2D eigenvalue weighted by molar-refractivity contribution is 0.0952. The highest BCUT2D eigenvalue weighted by Gasteiger charge is 2.18. The molecule has 1 amide bonds. The summed E-state index contributed by atoms with van der Waals surface area (Å²) in [5.74, 6) is 0.332. The maximum absolute atomic E-state index is 12.8. The summed E-state index contributed by atoms with van der Waals surface area (Å²) in [6.45, 7) is 4.82. The number of fused-ring (bicyclic) bond motifs is 1. The van der Waals surface area contributed by atoms with E-state index in [4.69, 9.17) is 4.98 Å². The van der Waals surface area contributed by atoms with Gasteiger partial charge in [-0.15, -0.1) is 11.3 Å². The average Bonchev–Trinajstić information content (AvgIpc) is 3.37. The van der Waals surface area contributed by atoms with Crippen LogP contribution in [0.1, 0.15) is 40.7 Å². The Bertz CT molecular complexity index is 1040.